The van der Waals surface area contributed by atoms with Gasteiger partial charge in [-0.15, -0.1) is 0 Å². The Hall–Kier alpha value is 0.610. The van der Waals surface area contributed by atoms with Crippen LogP contribution in [0.1, 0.15) is 6.42 Å². The monoisotopic (exact) mass is 242 g/mol. The molecule has 0 bridgehead atoms. The quantitative estimate of drug-likeness (QED) is 0.454. The summed E-state index contributed by atoms with van der Waals surface area (Å²) in [5.41, 5.74) is 5.57. The van der Waals surface area contributed by atoms with E-state index in [0.29, 0.717) is 0 Å². The third kappa shape index (κ3) is 2.03. The Morgan fingerprint density at radius 3 is 2.78 bits per heavy atom. The lowest BCUT2D eigenvalue weighted by Crippen LogP contribution is -2.47. The second-order valence-electron chi connectivity index (χ2n) is 2.39. The number of nitrogens with two attached hydrogens (primary N) is 1. The zero-order valence-electron chi connectivity index (χ0n) is 5.13. The fraction of sp³-hybridized carbons (Fsp3) is 1.00. The molecule has 1 saturated heterocycles. The van der Waals surface area contributed by atoms with Crippen LogP contribution in [-0.2, 0) is 0 Å². The van der Waals surface area contributed by atoms with E-state index in [4.69, 9.17) is 10.8 Å². The van der Waals surface area contributed by atoms with Crippen LogP contribution in [0.3, 0.4) is 0 Å². The van der Waals surface area contributed by atoms with Gasteiger partial charge < -0.3 is 10.8 Å². The van der Waals surface area contributed by atoms with E-state index in [1.807, 2.05) is 0 Å². The van der Waals surface area contributed by atoms with Gasteiger partial charge in [0.2, 0.25) is 0 Å². The molecule has 1 aliphatic rings. The van der Waals surface area contributed by atoms with E-state index < -0.39 is 0 Å². The number of piperidine rings is 1. The zero-order valence-corrected chi connectivity index (χ0v) is 7.28. The Labute approximate surface area is 68.7 Å². The van der Waals surface area contributed by atoms with E-state index in [0.717, 1.165) is 19.5 Å². The van der Waals surface area contributed by atoms with Crippen LogP contribution in [0.25, 0.3) is 0 Å². The molecule has 1 rings (SSSR count). The normalized spacial score (nSPS) is 39.0. The molecule has 4 heteroatoms. The smallest absolute Gasteiger partial charge is 0.0716 e. The van der Waals surface area contributed by atoms with E-state index in [-0.39, 0.29) is 12.1 Å². The fourth-order valence-electron chi connectivity index (χ4n) is 0.928. The topological polar surface area (TPSA) is 49.5 Å². The van der Waals surface area contributed by atoms with Crippen molar-refractivity contribution in [1.29, 1.82) is 0 Å². The maximum atomic E-state index is 9.14. The molecule has 0 spiro atoms. The van der Waals surface area contributed by atoms with E-state index in [1.54, 1.807) is 0 Å². The highest BCUT2D eigenvalue weighted by atomic mass is 127. The molecule has 54 valence electrons. The average Bonchev–Trinajstić information content (AvgIpc) is 1.80. The SMILES string of the molecule is N[C@@H]1CN(I)CC[C@H]1O. The van der Waals surface area contributed by atoms with Crippen LogP contribution in [0.2, 0.25) is 0 Å². The molecule has 9 heavy (non-hydrogen) atoms. The summed E-state index contributed by atoms with van der Waals surface area (Å²) in [5, 5.41) is 9.14. The van der Waals surface area contributed by atoms with Crippen LogP contribution in [0, 0.1) is 0 Å². The number of hydrogen-bond donors (Lipinski definition) is 2. The van der Waals surface area contributed by atoms with Gasteiger partial charge in [-0.1, -0.05) is 0 Å². The molecular weight excluding hydrogens is 231 g/mol. The van der Waals surface area contributed by atoms with Crippen LogP contribution in [0.15, 0.2) is 0 Å². The van der Waals surface area contributed by atoms with Gasteiger partial charge in [-0.05, 0) is 6.42 Å². The van der Waals surface area contributed by atoms with Gasteiger partial charge in [0, 0.05) is 42.0 Å². The molecule has 0 aromatic rings. The summed E-state index contributed by atoms with van der Waals surface area (Å²) < 4.78 is 2.11. The molecule has 3 nitrogen and oxygen atoms in total. The summed E-state index contributed by atoms with van der Waals surface area (Å²) in [6, 6.07) is -0.0457. The van der Waals surface area contributed by atoms with Gasteiger partial charge in [-0.25, -0.2) is 3.11 Å². The number of nitrogens with zero attached hydrogens (tertiary/aromatic N) is 1. The molecule has 1 fully saturated rings. The van der Waals surface area contributed by atoms with Crippen LogP contribution < -0.4 is 5.73 Å². The van der Waals surface area contributed by atoms with Crippen molar-refractivity contribution in [3.63, 3.8) is 0 Å². The first-order valence-electron chi connectivity index (χ1n) is 3.04. The van der Waals surface area contributed by atoms with Crippen molar-refractivity contribution < 1.29 is 5.11 Å². The Morgan fingerprint density at radius 1 is 1.67 bits per heavy atom. The molecule has 0 aliphatic carbocycles. The predicted molar refractivity (Wildman–Crippen MR) is 44.2 cm³/mol. The highest BCUT2D eigenvalue weighted by Crippen LogP contribution is 2.12. The van der Waals surface area contributed by atoms with Crippen molar-refractivity contribution in [2.24, 2.45) is 5.73 Å². The maximum absolute atomic E-state index is 9.14. The molecule has 1 aliphatic heterocycles. The van der Waals surface area contributed by atoms with Crippen molar-refractivity contribution in [1.82, 2.24) is 3.11 Å². The minimum atomic E-state index is -0.281. The van der Waals surface area contributed by atoms with Crippen molar-refractivity contribution in [3.05, 3.63) is 0 Å². The standard InChI is InChI=1S/C5H11IN2O/c6-8-2-1-5(9)4(7)3-8/h4-5,9H,1-3,7H2/t4-,5-/m1/s1. The summed E-state index contributed by atoms with van der Waals surface area (Å²) in [5.74, 6) is 0. The number of rotatable bonds is 0. The summed E-state index contributed by atoms with van der Waals surface area (Å²) in [6.07, 6.45) is 0.528. The summed E-state index contributed by atoms with van der Waals surface area (Å²) in [4.78, 5) is 0. The molecule has 3 N–H and O–H groups in total. The minimum absolute atomic E-state index is 0.0457. The van der Waals surface area contributed by atoms with Gasteiger partial charge >= 0.3 is 0 Å². The molecule has 1 heterocycles. The van der Waals surface area contributed by atoms with Crippen LogP contribution in [0.4, 0.5) is 0 Å². The minimum Gasteiger partial charge on any atom is -0.391 e. The lowest BCUT2D eigenvalue weighted by atomic mass is 10.1. The first kappa shape index (κ1) is 7.71. The van der Waals surface area contributed by atoms with Crippen LogP contribution in [0.5, 0.6) is 0 Å². The van der Waals surface area contributed by atoms with Gasteiger partial charge in [0.15, 0.2) is 0 Å². The number of aliphatic hydroxyl groups excluding tert-OH is 1. The highest BCUT2D eigenvalue weighted by molar-refractivity contribution is 14.1. The fourth-order valence-corrected chi connectivity index (χ4v) is 1.66. The van der Waals surface area contributed by atoms with Crippen LogP contribution in [-0.4, -0.2) is 33.5 Å². The first-order chi connectivity index (χ1) is 4.20. The molecular formula is C5H11IN2O. The van der Waals surface area contributed by atoms with Gasteiger partial charge in [0.05, 0.1) is 6.10 Å². The third-order valence-electron chi connectivity index (χ3n) is 1.57. The van der Waals surface area contributed by atoms with Gasteiger partial charge in [-0.2, -0.15) is 0 Å². The lowest BCUT2D eigenvalue weighted by Gasteiger charge is -2.29. The Bertz CT molecular complexity index is 101. The lowest BCUT2D eigenvalue weighted by molar-refractivity contribution is 0.0991. The molecule has 0 unspecified atom stereocenters. The summed E-state index contributed by atoms with van der Waals surface area (Å²) in [7, 11) is 0. The Morgan fingerprint density at radius 2 is 2.33 bits per heavy atom. The Balaban J connectivity index is 2.35. The van der Waals surface area contributed by atoms with E-state index in [2.05, 4.69) is 26.0 Å². The first-order valence-corrected chi connectivity index (χ1v) is 4.01. The molecule has 0 saturated carbocycles. The molecule has 0 amide bonds. The van der Waals surface area contributed by atoms with Crippen molar-refractivity contribution in [2.45, 2.75) is 18.6 Å². The number of halogens is 1. The van der Waals surface area contributed by atoms with Gasteiger partial charge in [0.1, 0.15) is 0 Å². The van der Waals surface area contributed by atoms with Crippen molar-refractivity contribution in [3.8, 4) is 0 Å². The maximum Gasteiger partial charge on any atom is 0.0716 e. The second kappa shape index (κ2) is 3.14. The molecule has 0 aromatic carbocycles. The van der Waals surface area contributed by atoms with Crippen molar-refractivity contribution in [2.75, 3.05) is 13.1 Å². The van der Waals surface area contributed by atoms with Gasteiger partial charge in [-0.3, -0.25) is 0 Å². The number of aliphatic hydroxyl groups is 1. The Kier molecular flexibility index (Phi) is 2.69. The van der Waals surface area contributed by atoms with Crippen molar-refractivity contribution >= 4 is 22.9 Å². The van der Waals surface area contributed by atoms with E-state index in [1.165, 1.54) is 0 Å². The number of hydrogen-bond acceptors (Lipinski definition) is 3. The largest absolute Gasteiger partial charge is 0.391 e. The highest BCUT2D eigenvalue weighted by Gasteiger charge is 2.22. The molecule has 0 aromatic heterocycles. The third-order valence-corrected chi connectivity index (χ3v) is 2.45. The molecule has 0 radical (unpaired) electrons. The second-order valence-corrected chi connectivity index (χ2v) is 3.75. The predicted octanol–water partition coefficient (Wildman–Crippen LogP) is -0.270. The average molecular weight is 242 g/mol. The molecule has 2 atom stereocenters. The van der Waals surface area contributed by atoms with E-state index >= 15 is 0 Å². The van der Waals surface area contributed by atoms with Gasteiger partial charge in [0.25, 0.3) is 0 Å². The zero-order chi connectivity index (χ0) is 6.85. The summed E-state index contributed by atoms with van der Waals surface area (Å²) >= 11 is 2.22. The van der Waals surface area contributed by atoms with E-state index in [9.17, 15) is 0 Å². The van der Waals surface area contributed by atoms with Crippen LogP contribution >= 0.6 is 22.9 Å². The summed E-state index contributed by atoms with van der Waals surface area (Å²) in [6.45, 7) is 1.76.